The zero-order chi connectivity index (χ0) is 10.8. The molecule has 4 heteroatoms. The predicted molar refractivity (Wildman–Crippen MR) is 63.3 cm³/mol. The van der Waals surface area contributed by atoms with Gasteiger partial charge in [-0.1, -0.05) is 6.07 Å². The van der Waals surface area contributed by atoms with E-state index in [-0.39, 0.29) is 0 Å². The van der Waals surface area contributed by atoms with Crippen LogP contribution in [0.4, 0.5) is 0 Å². The van der Waals surface area contributed by atoms with Crippen molar-refractivity contribution < 1.29 is 0 Å². The summed E-state index contributed by atoms with van der Waals surface area (Å²) in [4.78, 5) is 2.48. The highest BCUT2D eigenvalue weighted by Gasteiger charge is 2.11. The molecule has 0 spiro atoms. The molecule has 0 unspecified atom stereocenters. The summed E-state index contributed by atoms with van der Waals surface area (Å²) in [6.45, 7) is 5.49. The number of fused-ring (bicyclic) bond motifs is 1. The molecule has 3 rings (SSSR count). The van der Waals surface area contributed by atoms with E-state index in [2.05, 4.69) is 33.5 Å². The smallest absolute Gasteiger partial charge is 0.0706 e. The molecular weight excluding hydrogens is 200 g/mol. The Kier molecular flexibility index (Phi) is 2.60. The molecular formula is C12H16N4. The van der Waals surface area contributed by atoms with E-state index in [1.807, 2.05) is 16.9 Å². The molecule has 4 nitrogen and oxygen atoms in total. The number of nitrogens with zero attached hydrogens (tertiary/aromatic N) is 3. The van der Waals surface area contributed by atoms with Gasteiger partial charge < -0.3 is 5.32 Å². The van der Waals surface area contributed by atoms with Crippen LogP contribution in [-0.2, 0) is 6.54 Å². The minimum atomic E-state index is 1.03. The fraction of sp³-hybridized carbons (Fsp3) is 0.417. The van der Waals surface area contributed by atoms with E-state index < -0.39 is 0 Å². The van der Waals surface area contributed by atoms with Crippen LogP contribution in [0, 0.1) is 0 Å². The molecule has 3 heterocycles. The Labute approximate surface area is 94.9 Å². The molecule has 1 fully saturated rings. The normalized spacial score (nSPS) is 18.0. The third-order valence-electron chi connectivity index (χ3n) is 3.13. The van der Waals surface area contributed by atoms with E-state index in [4.69, 9.17) is 0 Å². The summed E-state index contributed by atoms with van der Waals surface area (Å²) in [6.07, 6.45) is 3.85. The molecule has 84 valence electrons. The summed E-state index contributed by atoms with van der Waals surface area (Å²) in [7, 11) is 0. The standard InChI is InChI=1S/C12H16N4/c1-2-11(10-15-8-5-13-6-9-15)12-3-4-14-16(12)7-1/h1-4,7,13H,5-6,8-10H2. The lowest BCUT2D eigenvalue weighted by Gasteiger charge is -2.27. The topological polar surface area (TPSA) is 32.6 Å². The number of nitrogens with one attached hydrogen (secondary N) is 1. The van der Waals surface area contributed by atoms with Crippen LogP contribution in [0.25, 0.3) is 5.52 Å². The molecule has 1 N–H and O–H groups in total. The SMILES string of the molecule is c1cc(CN2CCNCC2)c2ccnn2c1. The number of hydrogen-bond donors (Lipinski definition) is 1. The van der Waals surface area contributed by atoms with Gasteiger partial charge in [0, 0.05) is 45.1 Å². The third kappa shape index (κ3) is 1.81. The van der Waals surface area contributed by atoms with Gasteiger partial charge in [0.1, 0.15) is 0 Å². The van der Waals surface area contributed by atoms with Crippen LogP contribution in [0.1, 0.15) is 5.56 Å². The van der Waals surface area contributed by atoms with E-state index in [0.717, 1.165) is 32.7 Å². The van der Waals surface area contributed by atoms with Crippen LogP contribution >= 0.6 is 0 Å². The average Bonchev–Trinajstić information content (AvgIpc) is 2.80. The maximum Gasteiger partial charge on any atom is 0.0706 e. The zero-order valence-electron chi connectivity index (χ0n) is 9.26. The Hall–Kier alpha value is -1.39. The molecule has 0 aromatic carbocycles. The molecule has 0 atom stereocenters. The van der Waals surface area contributed by atoms with Crippen molar-refractivity contribution in [1.29, 1.82) is 0 Å². The van der Waals surface area contributed by atoms with Crippen LogP contribution in [0.15, 0.2) is 30.6 Å². The highest BCUT2D eigenvalue weighted by molar-refractivity contribution is 5.53. The molecule has 16 heavy (non-hydrogen) atoms. The molecule has 2 aromatic heterocycles. The fourth-order valence-electron chi connectivity index (χ4n) is 2.26. The maximum absolute atomic E-state index is 4.26. The summed E-state index contributed by atoms with van der Waals surface area (Å²) in [6, 6.07) is 6.34. The first-order valence-electron chi connectivity index (χ1n) is 5.78. The first-order chi connectivity index (χ1) is 7.93. The largest absolute Gasteiger partial charge is 0.314 e. The van der Waals surface area contributed by atoms with Crippen LogP contribution in [0.2, 0.25) is 0 Å². The first kappa shape index (κ1) is 9.81. The van der Waals surface area contributed by atoms with E-state index in [1.165, 1.54) is 11.1 Å². The fourth-order valence-corrected chi connectivity index (χ4v) is 2.26. The van der Waals surface area contributed by atoms with Gasteiger partial charge in [-0.15, -0.1) is 0 Å². The van der Waals surface area contributed by atoms with E-state index >= 15 is 0 Å². The highest BCUT2D eigenvalue weighted by atomic mass is 15.2. The van der Waals surface area contributed by atoms with Crippen molar-refractivity contribution in [3.63, 3.8) is 0 Å². The van der Waals surface area contributed by atoms with Gasteiger partial charge in [-0.05, 0) is 17.7 Å². The van der Waals surface area contributed by atoms with Crippen molar-refractivity contribution in [1.82, 2.24) is 19.8 Å². The summed E-state index contributed by atoms with van der Waals surface area (Å²) in [5.74, 6) is 0. The van der Waals surface area contributed by atoms with Gasteiger partial charge in [-0.25, -0.2) is 4.52 Å². The molecule has 2 aromatic rings. The Balaban J connectivity index is 1.85. The van der Waals surface area contributed by atoms with Gasteiger partial charge in [0.05, 0.1) is 5.52 Å². The van der Waals surface area contributed by atoms with Crippen LogP contribution < -0.4 is 5.32 Å². The van der Waals surface area contributed by atoms with Crippen molar-refractivity contribution in [3.8, 4) is 0 Å². The summed E-state index contributed by atoms with van der Waals surface area (Å²) < 4.78 is 1.94. The number of pyridine rings is 1. The second-order valence-corrected chi connectivity index (χ2v) is 4.22. The van der Waals surface area contributed by atoms with Crippen molar-refractivity contribution in [2.24, 2.45) is 0 Å². The van der Waals surface area contributed by atoms with Gasteiger partial charge in [-0.3, -0.25) is 4.90 Å². The minimum Gasteiger partial charge on any atom is -0.314 e. The highest BCUT2D eigenvalue weighted by Crippen LogP contribution is 2.12. The number of hydrogen-bond acceptors (Lipinski definition) is 3. The molecule has 0 bridgehead atoms. The van der Waals surface area contributed by atoms with Crippen molar-refractivity contribution in [3.05, 3.63) is 36.2 Å². The Bertz CT molecular complexity index is 471. The Morgan fingerprint density at radius 3 is 3.00 bits per heavy atom. The summed E-state index contributed by atoms with van der Waals surface area (Å²) in [5.41, 5.74) is 2.59. The van der Waals surface area contributed by atoms with Gasteiger partial charge >= 0.3 is 0 Å². The zero-order valence-corrected chi connectivity index (χ0v) is 9.26. The van der Waals surface area contributed by atoms with Crippen LogP contribution in [0.5, 0.6) is 0 Å². The lowest BCUT2D eigenvalue weighted by atomic mass is 10.2. The van der Waals surface area contributed by atoms with E-state index in [1.54, 1.807) is 0 Å². The van der Waals surface area contributed by atoms with Gasteiger partial charge in [0.15, 0.2) is 0 Å². The quantitative estimate of drug-likeness (QED) is 0.803. The van der Waals surface area contributed by atoms with Crippen molar-refractivity contribution in [2.75, 3.05) is 26.2 Å². The van der Waals surface area contributed by atoms with E-state index in [9.17, 15) is 0 Å². The summed E-state index contributed by atoms with van der Waals surface area (Å²) in [5, 5.41) is 7.63. The van der Waals surface area contributed by atoms with Gasteiger partial charge in [-0.2, -0.15) is 5.10 Å². The molecule has 0 radical (unpaired) electrons. The predicted octanol–water partition coefficient (Wildman–Crippen LogP) is 0.739. The number of aromatic nitrogens is 2. The molecule has 1 aliphatic rings. The minimum absolute atomic E-state index is 1.03. The summed E-state index contributed by atoms with van der Waals surface area (Å²) >= 11 is 0. The lowest BCUT2D eigenvalue weighted by molar-refractivity contribution is 0.234. The second-order valence-electron chi connectivity index (χ2n) is 4.22. The number of rotatable bonds is 2. The maximum atomic E-state index is 4.26. The van der Waals surface area contributed by atoms with Crippen LogP contribution in [-0.4, -0.2) is 40.7 Å². The second kappa shape index (κ2) is 4.23. The Morgan fingerprint density at radius 1 is 1.25 bits per heavy atom. The molecule has 0 amide bonds. The number of piperazine rings is 1. The van der Waals surface area contributed by atoms with Crippen LogP contribution in [0.3, 0.4) is 0 Å². The monoisotopic (exact) mass is 216 g/mol. The first-order valence-corrected chi connectivity index (χ1v) is 5.78. The molecule has 0 aliphatic carbocycles. The lowest BCUT2D eigenvalue weighted by Crippen LogP contribution is -2.42. The molecule has 1 saturated heterocycles. The van der Waals surface area contributed by atoms with Gasteiger partial charge in [0.25, 0.3) is 0 Å². The Morgan fingerprint density at radius 2 is 2.12 bits per heavy atom. The third-order valence-corrected chi connectivity index (χ3v) is 3.13. The van der Waals surface area contributed by atoms with E-state index in [0.29, 0.717) is 0 Å². The van der Waals surface area contributed by atoms with Crippen molar-refractivity contribution in [2.45, 2.75) is 6.54 Å². The molecule has 0 saturated carbocycles. The molecule has 1 aliphatic heterocycles. The average molecular weight is 216 g/mol. The van der Waals surface area contributed by atoms with Crippen molar-refractivity contribution >= 4 is 5.52 Å². The van der Waals surface area contributed by atoms with Gasteiger partial charge in [0.2, 0.25) is 0 Å².